The monoisotopic (exact) mass is 530 g/mol. The lowest BCUT2D eigenvalue weighted by molar-refractivity contribution is -0.138. The van der Waals surface area contributed by atoms with E-state index in [1.54, 1.807) is 18.5 Å². The van der Waals surface area contributed by atoms with Crippen molar-refractivity contribution in [2.45, 2.75) is 65.6 Å². The maximum atomic E-state index is 13.8. The fraction of sp³-hybridized carbons (Fsp3) is 0.419. The molecule has 1 aromatic carbocycles. The highest BCUT2D eigenvalue weighted by Gasteiger charge is 2.28. The Morgan fingerprint density at radius 2 is 1.82 bits per heavy atom. The molecule has 0 spiro atoms. The van der Waals surface area contributed by atoms with E-state index in [-0.39, 0.29) is 23.8 Å². The fourth-order valence-corrected chi connectivity index (χ4v) is 5.47. The molecule has 2 aromatic heterocycles. The molecule has 1 aliphatic rings. The number of rotatable bonds is 9. The molecule has 2 N–H and O–H groups in total. The predicted molar refractivity (Wildman–Crippen MR) is 152 cm³/mol. The molecule has 3 heterocycles. The fourth-order valence-electron chi connectivity index (χ4n) is 5.47. The topological polar surface area (TPSA) is 105 Å². The van der Waals surface area contributed by atoms with Gasteiger partial charge in [0.15, 0.2) is 0 Å². The van der Waals surface area contributed by atoms with E-state index < -0.39 is 18.1 Å². The summed E-state index contributed by atoms with van der Waals surface area (Å²) < 4.78 is 1.52. The third-order valence-corrected chi connectivity index (χ3v) is 7.42. The van der Waals surface area contributed by atoms with Crippen molar-refractivity contribution >= 4 is 11.9 Å². The van der Waals surface area contributed by atoms with Crippen LogP contribution in [0.25, 0.3) is 11.1 Å². The number of nitrogens with one attached hydrogen (secondary N) is 1. The highest BCUT2D eigenvalue weighted by Crippen LogP contribution is 2.30. The summed E-state index contributed by atoms with van der Waals surface area (Å²) in [5.74, 6) is -1.27. The summed E-state index contributed by atoms with van der Waals surface area (Å²) in [5, 5.41) is 12.7. The summed E-state index contributed by atoms with van der Waals surface area (Å²) in [6.45, 7) is 9.66. The van der Waals surface area contributed by atoms with Gasteiger partial charge in [0.2, 0.25) is 5.91 Å². The van der Waals surface area contributed by atoms with E-state index in [1.807, 2.05) is 65.2 Å². The van der Waals surface area contributed by atoms with Crippen molar-refractivity contribution in [2.75, 3.05) is 13.6 Å². The number of fused-ring (bicyclic) bond motifs is 1. The van der Waals surface area contributed by atoms with Gasteiger partial charge >= 0.3 is 5.97 Å². The second kappa shape index (κ2) is 11.9. The highest BCUT2D eigenvalue weighted by molar-refractivity contribution is 5.82. The number of nitrogens with zero attached hydrogens (tertiary/aromatic N) is 3. The normalized spacial score (nSPS) is 15.0. The lowest BCUT2D eigenvalue weighted by Gasteiger charge is -2.28. The van der Waals surface area contributed by atoms with Crippen LogP contribution in [0.5, 0.6) is 0 Å². The zero-order chi connectivity index (χ0) is 28.3. The number of pyridine rings is 2. The van der Waals surface area contributed by atoms with Gasteiger partial charge in [0, 0.05) is 43.3 Å². The van der Waals surface area contributed by atoms with Crippen LogP contribution in [-0.4, -0.2) is 45.0 Å². The first-order chi connectivity index (χ1) is 18.5. The molecule has 0 aliphatic carbocycles. The van der Waals surface area contributed by atoms with Crippen LogP contribution in [0.4, 0.5) is 0 Å². The molecule has 0 saturated carbocycles. The van der Waals surface area contributed by atoms with E-state index in [0.717, 1.165) is 46.3 Å². The minimum absolute atomic E-state index is 0.137. The van der Waals surface area contributed by atoms with Gasteiger partial charge in [-0.2, -0.15) is 0 Å². The average molecular weight is 531 g/mol. The molecule has 0 saturated heterocycles. The number of carbonyl (C=O) groups excluding carboxylic acids is 1. The molecule has 0 bridgehead atoms. The van der Waals surface area contributed by atoms with Crippen molar-refractivity contribution in [3.63, 3.8) is 0 Å². The second-order valence-electron chi connectivity index (χ2n) is 11.1. The van der Waals surface area contributed by atoms with Crippen LogP contribution in [0, 0.1) is 19.8 Å². The Balaban J connectivity index is 1.69. The quantitative estimate of drug-likeness (QED) is 0.424. The summed E-state index contributed by atoms with van der Waals surface area (Å²) in [6.07, 6.45) is 6.11. The van der Waals surface area contributed by atoms with Crippen LogP contribution >= 0.6 is 0 Å². The smallest absolute Gasteiger partial charge is 0.305 e. The van der Waals surface area contributed by atoms with Crippen molar-refractivity contribution in [1.29, 1.82) is 0 Å². The molecule has 3 aromatic rings. The number of aryl methyl sites for hydroxylation is 2. The summed E-state index contributed by atoms with van der Waals surface area (Å²) in [7, 11) is 2.04. The number of hydrogen-bond acceptors (Lipinski definition) is 5. The predicted octanol–water partition coefficient (Wildman–Crippen LogP) is 4.43. The van der Waals surface area contributed by atoms with Gasteiger partial charge < -0.3 is 19.9 Å². The summed E-state index contributed by atoms with van der Waals surface area (Å²) >= 11 is 0. The van der Waals surface area contributed by atoms with E-state index in [2.05, 4.69) is 15.2 Å². The molecule has 4 rings (SSSR count). The number of aliphatic carboxylic acids is 1. The van der Waals surface area contributed by atoms with E-state index in [4.69, 9.17) is 0 Å². The first kappa shape index (κ1) is 28.2. The van der Waals surface area contributed by atoms with E-state index in [9.17, 15) is 19.5 Å². The van der Waals surface area contributed by atoms with Gasteiger partial charge in [-0.25, -0.2) is 0 Å². The minimum Gasteiger partial charge on any atom is -0.481 e. The molecule has 8 heteroatoms. The molecular weight excluding hydrogens is 492 g/mol. The standard InChI is InChI=1S/C31H38N4O4/c1-19(2)11-27(35-18-25-17-34(5)10-9-22(25)13-28(35)36)31(39)33-26(14-29(37)38)23-12-24(16-32-15-23)30-20(3)7-6-8-21(30)4/h6-8,12-13,15-16,18-19,26-27H,9-11,14,17H2,1-5H3,(H,33,39)(H,37,38)/t26-,27-/m0/s1. The maximum absolute atomic E-state index is 13.8. The van der Waals surface area contributed by atoms with Gasteiger partial charge in [0.25, 0.3) is 5.56 Å². The third-order valence-electron chi connectivity index (χ3n) is 7.42. The van der Waals surface area contributed by atoms with Crippen LogP contribution in [0.15, 0.2) is 53.7 Å². The first-order valence-corrected chi connectivity index (χ1v) is 13.5. The van der Waals surface area contributed by atoms with Crippen LogP contribution in [0.1, 0.15) is 66.6 Å². The van der Waals surface area contributed by atoms with Gasteiger partial charge in [-0.05, 0) is 79.1 Å². The molecule has 0 unspecified atom stereocenters. The largest absolute Gasteiger partial charge is 0.481 e. The molecule has 39 heavy (non-hydrogen) atoms. The lowest BCUT2D eigenvalue weighted by Crippen LogP contribution is -2.41. The molecule has 2 atom stereocenters. The number of carboxylic acids is 1. The number of aromatic nitrogens is 2. The van der Waals surface area contributed by atoms with Crippen LogP contribution in [0.2, 0.25) is 0 Å². The molecule has 8 nitrogen and oxygen atoms in total. The number of benzene rings is 1. The molecule has 1 aliphatic heterocycles. The summed E-state index contributed by atoms with van der Waals surface area (Å²) in [4.78, 5) is 45.4. The van der Waals surface area contributed by atoms with Crippen molar-refractivity contribution < 1.29 is 14.7 Å². The molecule has 0 radical (unpaired) electrons. The zero-order valence-corrected chi connectivity index (χ0v) is 23.4. The van der Waals surface area contributed by atoms with Crippen LogP contribution in [0.3, 0.4) is 0 Å². The Morgan fingerprint density at radius 1 is 1.10 bits per heavy atom. The number of likely N-dealkylation sites (N-methyl/N-ethyl adjacent to an activating group) is 1. The van der Waals surface area contributed by atoms with E-state index in [1.165, 1.54) is 4.57 Å². The molecular formula is C31H38N4O4. The van der Waals surface area contributed by atoms with Crippen molar-refractivity contribution in [3.05, 3.63) is 87.1 Å². The van der Waals surface area contributed by atoms with Gasteiger partial charge in [0.1, 0.15) is 6.04 Å². The number of hydrogen-bond donors (Lipinski definition) is 2. The SMILES string of the molecule is Cc1cccc(C)c1-c1cncc([C@H](CC(=O)O)NC(=O)[C@H](CC(C)C)n2cc3c(cc2=O)CCN(C)C3)c1. The minimum atomic E-state index is -1.04. The van der Waals surface area contributed by atoms with Gasteiger partial charge in [-0.1, -0.05) is 32.0 Å². The highest BCUT2D eigenvalue weighted by atomic mass is 16.4. The van der Waals surface area contributed by atoms with Gasteiger partial charge in [-0.15, -0.1) is 0 Å². The summed E-state index contributed by atoms with van der Waals surface area (Å²) in [6, 6.07) is 8.02. The second-order valence-corrected chi connectivity index (χ2v) is 11.1. The van der Waals surface area contributed by atoms with E-state index >= 15 is 0 Å². The number of carbonyl (C=O) groups is 2. The van der Waals surface area contributed by atoms with Crippen LogP contribution in [-0.2, 0) is 22.6 Å². The lowest BCUT2D eigenvalue weighted by atomic mass is 9.94. The zero-order valence-electron chi connectivity index (χ0n) is 23.4. The molecule has 0 fully saturated rings. The molecule has 1 amide bonds. The Morgan fingerprint density at radius 3 is 2.49 bits per heavy atom. The molecule has 206 valence electrons. The maximum Gasteiger partial charge on any atom is 0.305 e. The Hall–Kier alpha value is -3.78. The first-order valence-electron chi connectivity index (χ1n) is 13.5. The Bertz CT molecular complexity index is 1410. The van der Waals surface area contributed by atoms with Crippen molar-refractivity contribution in [3.8, 4) is 11.1 Å². The summed E-state index contributed by atoms with van der Waals surface area (Å²) in [5.41, 5.74) is 6.52. The van der Waals surface area contributed by atoms with Crippen molar-refractivity contribution in [2.24, 2.45) is 5.92 Å². The Kier molecular flexibility index (Phi) is 8.65. The van der Waals surface area contributed by atoms with Crippen molar-refractivity contribution in [1.82, 2.24) is 19.8 Å². The Labute approximate surface area is 229 Å². The van der Waals surface area contributed by atoms with Gasteiger partial charge in [0.05, 0.1) is 12.5 Å². The van der Waals surface area contributed by atoms with Crippen LogP contribution < -0.4 is 10.9 Å². The van der Waals surface area contributed by atoms with Gasteiger partial charge in [-0.3, -0.25) is 19.4 Å². The van der Waals surface area contributed by atoms with E-state index in [0.29, 0.717) is 18.5 Å². The number of amides is 1. The average Bonchev–Trinajstić information content (AvgIpc) is 2.86. The third kappa shape index (κ3) is 6.63. The number of carboxylic acid groups (broad SMARTS) is 1.